The number of aliphatic carboxylic acids is 1. The van der Waals surface area contributed by atoms with E-state index in [-0.39, 0.29) is 13.0 Å². The van der Waals surface area contributed by atoms with Gasteiger partial charge in [0.15, 0.2) is 5.13 Å². The number of aliphatic hydroxyl groups is 2. The molecule has 1 fully saturated rings. The van der Waals surface area contributed by atoms with E-state index in [1.807, 2.05) is 18.2 Å². The topological polar surface area (TPSA) is 111 Å². The van der Waals surface area contributed by atoms with Crippen molar-refractivity contribution in [3.8, 4) is 11.3 Å². The third kappa shape index (κ3) is 5.09. The molecule has 4 atom stereocenters. The van der Waals surface area contributed by atoms with Crippen LogP contribution in [0.4, 0.5) is 5.13 Å². The van der Waals surface area contributed by atoms with E-state index in [9.17, 15) is 24.9 Å². The number of anilines is 1. The van der Waals surface area contributed by atoms with Gasteiger partial charge in [0, 0.05) is 16.0 Å². The number of rotatable bonds is 5. The number of benzene rings is 2. The Labute approximate surface area is 199 Å². The lowest BCUT2D eigenvalue weighted by Gasteiger charge is -2.37. The Hall–Kier alpha value is -2.78. The molecule has 0 bridgehead atoms. The number of thiazole rings is 1. The van der Waals surface area contributed by atoms with Crippen molar-refractivity contribution in [2.75, 3.05) is 11.4 Å². The van der Waals surface area contributed by atoms with Crippen LogP contribution < -0.4 is 4.90 Å². The first kappa shape index (κ1) is 23.4. The van der Waals surface area contributed by atoms with Gasteiger partial charge in [-0.25, -0.2) is 4.98 Å². The van der Waals surface area contributed by atoms with Gasteiger partial charge >= 0.3 is 5.97 Å². The van der Waals surface area contributed by atoms with E-state index in [0.29, 0.717) is 21.4 Å². The van der Waals surface area contributed by atoms with Gasteiger partial charge in [-0.15, -0.1) is 11.3 Å². The maximum atomic E-state index is 13.7. The Bertz CT molecular complexity index is 1140. The minimum atomic E-state index is -1.21. The standard InChI is InChI=1S/C24H23ClN2O5S/c25-18-9-5-4-8-15(18)19-13-33-24(26-19)27-12-21(29)20(28)10-16(14-6-2-1-3-7-14)17(23(27)32)11-22(30)31/h1-9,13,16-17,20-21,28-29H,10-12H2,(H,30,31)/t16-,17+,20+,21-/m1/s1. The lowest BCUT2D eigenvalue weighted by molar-refractivity contribution is -0.141. The summed E-state index contributed by atoms with van der Waals surface area (Å²) in [6.07, 6.45) is -2.67. The van der Waals surface area contributed by atoms with Crippen molar-refractivity contribution in [3.63, 3.8) is 0 Å². The molecule has 1 saturated heterocycles. The molecule has 0 saturated carbocycles. The summed E-state index contributed by atoms with van der Waals surface area (Å²) in [4.78, 5) is 31.2. The second-order valence-electron chi connectivity index (χ2n) is 8.04. The first-order valence-corrected chi connectivity index (χ1v) is 11.8. The van der Waals surface area contributed by atoms with Crippen LogP contribution in [-0.4, -0.2) is 50.9 Å². The largest absolute Gasteiger partial charge is 0.481 e. The molecule has 7 nitrogen and oxygen atoms in total. The van der Waals surface area contributed by atoms with E-state index in [1.54, 1.807) is 41.8 Å². The Balaban J connectivity index is 1.74. The maximum Gasteiger partial charge on any atom is 0.304 e. The number of amides is 1. The summed E-state index contributed by atoms with van der Waals surface area (Å²) in [5.74, 6) is -3.07. The number of carboxylic acids is 1. The number of halogens is 1. The van der Waals surface area contributed by atoms with Gasteiger partial charge in [-0.05, 0) is 24.0 Å². The third-order valence-corrected chi connectivity index (χ3v) is 7.07. The third-order valence-electron chi connectivity index (χ3n) is 5.87. The van der Waals surface area contributed by atoms with Gasteiger partial charge in [0.05, 0.1) is 36.8 Å². The molecule has 172 valence electrons. The van der Waals surface area contributed by atoms with Crippen molar-refractivity contribution >= 4 is 39.9 Å². The highest BCUT2D eigenvalue weighted by Crippen LogP contribution is 2.38. The highest BCUT2D eigenvalue weighted by Gasteiger charge is 2.41. The van der Waals surface area contributed by atoms with Crippen molar-refractivity contribution in [2.24, 2.45) is 5.92 Å². The number of aliphatic hydroxyl groups excluding tert-OH is 2. The average Bonchev–Trinajstić information content (AvgIpc) is 3.28. The molecular formula is C24H23ClN2O5S. The number of hydrogen-bond acceptors (Lipinski definition) is 6. The summed E-state index contributed by atoms with van der Waals surface area (Å²) in [5, 5.41) is 33.4. The molecule has 3 N–H and O–H groups in total. The zero-order valence-electron chi connectivity index (χ0n) is 17.5. The number of carbonyl (C=O) groups is 2. The summed E-state index contributed by atoms with van der Waals surface area (Å²) in [6, 6.07) is 16.2. The molecular weight excluding hydrogens is 464 g/mol. The lowest BCUT2D eigenvalue weighted by atomic mass is 9.77. The zero-order chi connectivity index (χ0) is 23.5. The molecule has 4 rings (SSSR count). The van der Waals surface area contributed by atoms with Crippen LogP contribution in [0.25, 0.3) is 11.3 Å². The number of carboxylic acid groups (broad SMARTS) is 1. The molecule has 1 aliphatic rings. The van der Waals surface area contributed by atoms with Crippen LogP contribution in [-0.2, 0) is 9.59 Å². The number of β-amino-alcohol motifs (C(OH)–C–C–N with tert-alkyl or cyclic N) is 1. The summed E-state index contributed by atoms with van der Waals surface area (Å²) in [6.45, 7) is -0.187. The van der Waals surface area contributed by atoms with E-state index in [0.717, 1.165) is 5.56 Å². The maximum absolute atomic E-state index is 13.7. The second kappa shape index (κ2) is 10.0. The summed E-state index contributed by atoms with van der Waals surface area (Å²) in [7, 11) is 0. The van der Waals surface area contributed by atoms with Crippen molar-refractivity contribution < 1.29 is 24.9 Å². The summed E-state index contributed by atoms with van der Waals surface area (Å²) in [5.41, 5.74) is 2.01. The van der Waals surface area contributed by atoms with Gasteiger partial charge in [0.25, 0.3) is 0 Å². The smallest absolute Gasteiger partial charge is 0.304 e. The van der Waals surface area contributed by atoms with Crippen LogP contribution >= 0.6 is 22.9 Å². The van der Waals surface area contributed by atoms with Gasteiger partial charge in [0.2, 0.25) is 5.91 Å². The summed E-state index contributed by atoms with van der Waals surface area (Å²) < 4.78 is 0. The van der Waals surface area contributed by atoms with E-state index in [1.165, 1.54) is 16.2 Å². The zero-order valence-corrected chi connectivity index (χ0v) is 19.1. The molecule has 2 aromatic carbocycles. The molecule has 0 unspecified atom stereocenters. The van der Waals surface area contributed by atoms with E-state index in [4.69, 9.17) is 11.6 Å². The van der Waals surface area contributed by atoms with E-state index >= 15 is 0 Å². The molecule has 1 amide bonds. The first-order valence-electron chi connectivity index (χ1n) is 10.5. The minimum Gasteiger partial charge on any atom is -0.481 e. The Kier molecular flexibility index (Phi) is 7.09. The Morgan fingerprint density at radius 2 is 1.79 bits per heavy atom. The molecule has 33 heavy (non-hydrogen) atoms. The molecule has 9 heteroatoms. The molecule has 1 aliphatic heterocycles. The molecule has 2 heterocycles. The number of hydrogen-bond donors (Lipinski definition) is 3. The Morgan fingerprint density at radius 1 is 1.09 bits per heavy atom. The van der Waals surface area contributed by atoms with Crippen LogP contribution in [0, 0.1) is 5.92 Å². The van der Waals surface area contributed by atoms with Gasteiger partial charge in [-0.2, -0.15) is 0 Å². The van der Waals surface area contributed by atoms with Crippen molar-refractivity contribution in [1.29, 1.82) is 0 Å². The number of nitrogens with zero attached hydrogens (tertiary/aromatic N) is 2. The predicted octanol–water partition coefficient (Wildman–Crippen LogP) is 3.80. The van der Waals surface area contributed by atoms with E-state index in [2.05, 4.69) is 4.98 Å². The fourth-order valence-electron chi connectivity index (χ4n) is 4.19. The number of aromatic nitrogens is 1. The van der Waals surface area contributed by atoms with Crippen LogP contribution in [0.3, 0.4) is 0 Å². The van der Waals surface area contributed by atoms with Crippen molar-refractivity contribution in [3.05, 3.63) is 70.6 Å². The highest BCUT2D eigenvalue weighted by molar-refractivity contribution is 7.14. The molecule has 0 radical (unpaired) electrons. The number of carbonyl (C=O) groups excluding carboxylic acids is 1. The SMILES string of the molecule is O=C(O)C[C@@H]1C(=O)N(c2nc(-c3ccccc3Cl)cs2)C[C@@H](O)[C@@H](O)C[C@@H]1c1ccccc1. The summed E-state index contributed by atoms with van der Waals surface area (Å²) >= 11 is 7.48. The Morgan fingerprint density at radius 3 is 2.48 bits per heavy atom. The van der Waals surface area contributed by atoms with Gasteiger partial charge < -0.3 is 15.3 Å². The van der Waals surface area contributed by atoms with Crippen molar-refractivity contribution in [2.45, 2.75) is 31.0 Å². The second-order valence-corrected chi connectivity index (χ2v) is 9.28. The van der Waals surface area contributed by atoms with Crippen LogP contribution in [0.15, 0.2) is 60.0 Å². The predicted molar refractivity (Wildman–Crippen MR) is 126 cm³/mol. The van der Waals surface area contributed by atoms with Crippen LogP contribution in [0.5, 0.6) is 0 Å². The molecule has 0 spiro atoms. The van der Waals surface area contributed by atoms with Crippen molar-refractivity contribution in [1.82, 2.24) is 4.98 Å². The van der Waals surface area contributed by atoms with Gasteiger partial charge in [0.1, 0.15) is 0 Å². The minimum absolute atomic E-state index is 0.0749. The highest BCUT2D eigenvalue weighted by atomic mass is 35.5. The fourth-order valence-corrected chi connectivity index (χ4v) is 5.26. The monoisotopic (exact) mass is 486 g/mol. The molecule has 1 aromatic heterocycles. The average molecular weight is 487 g/mol. The molecule has 0 aliphatic carbocycles. The lowest BCUT2D eigenvalue weighted by Crippen LogP contribution is -2.50. The quantitative estimate of drug-likeness (QED) is 0.506. The first-order chi connectivity index (χ1) is 15.8. The van der Waals surface area contributed by atoms with Gasteiger partial charge in [-0.1, -0.05) is 60.1 Å². The van der Waals surface area contributed by atoms with Crippen LogP contribution in [0.2, 0.25) is 5.02 Å². The molecule has 3 aromatic rings. The van der Waals surface area contributed by atoms with Gasteiger partial charge in [-0.3, -0.25) is 14.5 Å². The van der Waals surface area contributed by atoms with Crippen LogP contribution in [0.1, 0.15) is 24.3 Å². The fraction of sp³-hybridized carbons (Fsp3) is 0.292. The normalized spacial score (nSPS) is 23.7. The van der Waals surface area contributed by atoms with E-state index < -0.39 is 42.3 Å².